The molecular formula is C15H23NO2. The van der Waals surface area contributed by atoms with Crippen LogP contribution in [0.4, 0.5) is 0 Å². The summed E-state index contributed by atoms with van der Waals surface area (Å²) >= 11 is 0. The van der Waals surface area contributed by atoms with Gasteiger partial charge in [-0.1, -0.05) is 32.0 Å². The Morgan fingerprint density at radius 2 is 2.22 bits per heavy atom. The molecule has 0 radical (unpaired) electrons. The Morgan fingerprint density at radius 1 is 1.50 bits per heavy atom. The van der Waals surface area contributed by atoms with Crippen LogP contribution < -0.4 is 10.1 Å². The number of ether oxygens (including phenoxy) is 1. The van der Waals surface area contributed by atoms with Crippen molar-refractivity contribution in [1.82, 2.24) is 5.32 Å². The second kappa shape index (κ2) is 5.29. The van der Waals surface area contributed by atoms with Gasteiger partial charge in [0, 0.05) is 17.5 Å². The molecule has 100 valence electrons. The van der Waals surface area contributed by atoms with Crippen molar-refractivity contribution in [2.45, 2.75) is 38.8 Å². The van der Waals surface area contributed by atoms with Crippen molar-refractivity contribution >= 4 is 0 Å². The van der Waals surface area contributed by atoms with E-state index in [1.165, 1.54) is 0 Å². The zero-order valence-corrected chi connectivity index (χ0v) is 11.4. The Balaban J connectivity index is 2.43. The van der Waals surface area contributed by atoms with Gasteiger partial charge in [-0.3, -0.25) is 0 Å². The highest BCUT2D eigenvalue weighted by atomic mass is 16.5. The smallest absolute Gasteiger partial charge is 0.124 e. The lowest BCUT2D eigenvalue weighted by Gasteiger charge is -2.44. The standard InChI is InChI=1S/C15H23NO2/c1-4-12(3)16-15(10-17)11(2)9-18-14-8-6-5-7-13(14)15/h5-8,11-12,16-17H,4,9-10H2,1-3H3. The predicted molar refractivity (Wildman–Crippen MR) is 72.8 cm³/mol. The summed E-state index contributed by atoms with van der Waals surface area (Å²) in [6.45, 7) is 7.17. The van der Waals surface area contributed by atoms with E-state index < -0.39 is 0 Å². The third-order valence-corrected chi connectivity index (χ3v) is 4.06. The van der Waals surface area contributed by atoms with Crippen LogP contribution in [0.1, 0.15) is 32.8 Å². The normalized spacial score (nSPS) is 28.3. The van der Waals surface area contributed by atoms with E-state index in [1.54, 1.807) is 0 Å². The third-order valence-electron chi connectivity index (χ3n) is 4.06. The van der Waals surface area contributed by atoms with Gasteiger partial charge in [-0.25, -0.2) is 0 Å². The predicted octanol–water partition coefficient (Wildman–Crippen LogP) is 2.29. The molecule has 1 heterocycles. The average molecular weight is 249 g/mol. The molecule has 1 aliphatic rings. The minimum absolute atomic E-state index is 0.0961. The maximum Gasteiger partial charge on any atom is 0.124 e. The first-order chi connectivity index (χ1) is 8.64. The quantitative estimate of drug-likeness (QED) is 0.860. The van der Waals surface area contributed by atoms with E-state index >= 15 is 0 Å². The second-order valence-corrected chi connectivity index (χ2v) is 5.29. The van der Waals surface area contributed by atoms with Gasteiger partial charge in [0.15, 0.2) is 0 Å². The van der Waals surface area contributed by atoms with Crippen LogP contribution in [0.15, 0.2) is 24.3 Å². The summed E-state index contributed by atoms with van der Waals surface area (Å²) in [6.07, 6.45) is 1.04. The molecule has 18 heavy (non-hydrogen) atoms. The van der Waals surface area contributed by atoms with Crippen molar-refractivity contribution in [2.75, 3.05) is 13.2 Å². The first-order valence-corrected chi connectivity index (χ1v) is 6.75. The fourth-order valence-corrected chi connectivity index (χ4v) is 2.63. The maximum atomic E-state index is 9.99. The van der Waals surface area contributed by atoms with Gasteiger partial charge in [0.2, 0.25) is 0 Å². The average Bonchev–Trinajstić information content (AvgIpc) is 2.42. The molecule has 0 amide bonds. The summed E-state index contributed by atoms with van der Waals surface area (Å²) in [5.74, 6) is 1.13. The summed E-state index contributed by atoms with van der Waals surface area (Å²) in [4.78, 5) is 0. The van der Waals surface area contributed by atoms with E-state index in [-0.39, 0.29) is 18.1 Å². The molecule has 0 aromatic heterocycles. The lowest BCUT2D eigenvalue weighted by atomic mass is 9.77. The minimum Gasteiger partial charge on any atom is -0.493 e. The van der Waals surface area contributed by atoms with Gasteiger partial charge < -0.3 is 15.2 Å². The van der Waals surface area contributed by atoms with E-state index in [2.05, 4.69) is 32.2 Å². The van der Waals surface area contributed by atoms with E-state index in [0.717, 1.165) is 17.7 Å². The van der Waals surface area contributed by atoms with Crippen molar-refractivity contribution in [3.05, 3.63) is 29.8 Å². The largest absolute Gasteiger partial charge is 0.493 e. The Hall–Kier alpha value is -1.06. The number of hydrogen-bond acceptors (Lipinski definition) is 3. The Labute approximate surface area is 109 Å². The van der Waals surface area contributed by atoms with Gasteiger partial charge in [-0.05, 0) is 19.4 Å². The summed E-state index contributed by atoms with van der Waals surface area (Å²) in [5, 5.41) is 13.6. The number of benzene rings is 1. The van der Waals surface area contributed by atoms with Crippen LogP contribution in [-0.4, -0.2) is 24.4 Å². The number of aliphatic hydroxyl groups is 1. The van der Waals surface area contributed by atoms with Gasteiger partial charge in [-0.15, -0.1) is 0 Å². The zero-order valence-electron chi connectivity index (χ0n) is 11.4. The van der Waals surface area contributed by atoms with Gasteiger partial charge >= 0.3 is 0 Å². The molecule has 1 aromatic rings. The number of fused-ring (bicyclic) bond motifs is 1. The van der Waals surface area contributed by atoms with Gasteiger partial charge in [0.05, 0.1) is 18.8 Å². The summed E-state index contributed by atoms with van der Waals surface area (Å²) in [7, 11) is 0. The lowest BCUT2D eigenvalue weighted by molar-refractivity contribution is 0.0475. The van der Waals surface area contributed by atoms with Crippen LogP contribution >= 0.6 is 0 Å². The molecule has 0 saturated heterocycles. The summed E-state index contributed by atoms with van der Waals surface area (Å²) in [5.41, 5.74) is 0.691. The van der Waals surface area contributed by atoms with Crippen LogP contribution in [0.3, 0.4) is 0 Å². The highest BCUT2D eigenvalue weighted by molar-refractivity contribution is 5.42. The fraction of sp³-hybridized carbons (Fsp3) is 0.600. The number of rotatable bonds is 4. The van der Waals surface area contributed by atoms with E-state index in [9.17, 15) is 5.11 Å². The van der Waals surface area contributed by atoms with E-state index in [4.69, 9.17) is 4.74 Å². The highest BCUT2D eigenvalue weighted by Gasteiger charge is 2.43. The molecule has 3 unspecified atom stereocenters. The van der Waals surface area contributed by atoms with Crippen LogP contribution in [0, 0.1) is 5.92 Å². The maximum absolute atomic E-state index is 9.99. The van der Waals surface area contributed by atoms with E-state index in [1.807, 2.05) is 18.2 Å². The Bertz CT molecular complexity index is 407. The van der Waals surface area contributed by atoms with Gasteiger partial charge in [0.1, 0.15) is 5.75 Å². The van der Waals surface area contributed by atoms with Crippen molar-refractivity contribution < 1.29 is 9.84 Å². The molecule has 2 N–H and O–H groups in total. The van der Waals surface area contributed by atoms with Gasteiger partial charge in [-0.2, -0.15) is 0 Å². The second-order valence-electron chi connectivity index (χ2n) is 5.29. The molecular weight excluding hydrogens is 226 g/mol. The topological polar surface area (TPSA) is 41.5 Å². The number of hydrogen-bond donors (Lipinski definition) is 2. The molecule has 0 aliphatic carbocycles. The first-order valence-electron chi connectivity index (χ1n) is 6.75. The monoisotopic (exact) mass is 249 g/mol. The molecule has 1 aromatic carbocycles. The number of para-hydroxylation sites is 1. The Morgan fingerprint density at radius 3 is 2.89 bits per heavy atom. The van der Waals surface area contributed by atoms with Crippen molar-refractivity contribution in [1.29, 1.82) is 0 Å². The lowest BCUT2D eigenvalue weighted by Crippen LogP contribution is -2.57. The third kappa shape index (κ3) is 2.13. The molecule has 0 fully saturated rings. The molecule has 3 heteroatoms. The van der Waals surface area contributed by atoms with Crippen molar-refractivity contribution in [2.24, 2.45) is 5.92 Å². The van der Waals surface area contributed by atoms with Crippen LogP contribution in [0.2, 0.25) is 0 Å². The zero-order chi connectivity index (χ0) is 13.2. The summed E-state index contributed by atoms with van der Waals surface area (Å²) < 4.78 is 5.76. The van der Waals surface area contributed by atoms with Crippen LogP contribution in [0.5, 0.6) is 5.75 Å². The van der Waals surface area contributed by atoms with Gasteiger partial charge in [0.25, 0.3) is 0 Å². The molecule has 2 rings (SSSR count). The molecule has 1 aliphatic heterocycles. The fourth-order valence-electron chi connectivity index (χ4n) is 2.63. The molecule has 3 nitrogen and oxygen atoms in total. The van der Waals surface area contributed by atoms with Crippen molar-refractivity contribution in [3.8, 4) is 5.75 Å². The highest BCUT2D eigenvalue weighted by Crippen LogP contribution is 2.40. The molecule has 3 atom stereocenters. The van der Waals surface area contributed by atoms with Crippen LogP contribution in [-0.2, 0) is 5.54 Å². The van der Waals surface area contributed by atoms with E-state index in [0.29, 0.717) is 12.6 Å². The minimum atomic E-state index is -0.385. The summed E-state index contributed by atoms with van der Waals surface area (Å²) in [6, 6.07) is 8.37. The SMILES string of the molecule is CCC(C)NC1(CO)c2ccccc2OCC1C. The Kier molecular flexibility index (Phi) is 3.93. The molecule has 0 saturated carbocycles. The van der Waals surface area contributed by atoms with Crippen LogP contribution in [0.25, 0.3) is 0 Å². The first kappa shape index (κ1) is 13.4. The number of nitrogens with one attached hydrogen (secondary N) is 1. The van der Waals surface area contributed by atoms with Crippen molar-refractivity contribution in [3.63, 3.8) is 0 Å². The molecule has 0 spiro atoms. The molecule has 0 bridgehead atoms. The number of aliphatic hydroxyl groups excluding tert-OH is 1.